The van der Waals surface area contributed by atoms with Crippen LogP contribution in [0.2, 0.25) is 0 Å². The van der Waals surface area contributed by atoms with Crippen molar-refractivity contribution >= 4 is 0 Å². The summed E-state index contributed by atoms with van der Waals surface area (Å²) < 4.78 is 0. The van der Waals surface area contributed by atoms with Gasteiger partial charge in [-0.3, -0.25) is 9.80 Å². The van der Waals surface area contributed by atoms with Crippen molar-refractivity contribution in [3.63, 3.8) is 0 Å². The molecule has 1 atom stereocenters. The molecule has 2 aliphatic rings. The Morgan fingerprint density at radius 2 is 1.81 bits per heavy atom. The molecule has 1 heterocycles. The Balaban J connectivity index is 1.83. The zero-order valence-electron chi connectivity index (χ0n) is 10.7. The highest BCUT2D eigenvalue weighted by Crippen LogP contribution is 2.25. The van der Waals surface area contributed by atoms with E-state index in [4.69, 9.17) is 0 Å². The van der Waals surface area contributed by atoms with Crippen molar-refractivity contribution < 1.29 is 5.11 Å². The first-order valence-corrected chi connectivity index (χ1v) is 6.87. The van der Waals surface area contributed by atoms with Gasteiger partial charge in [0.25, 0.3) is 0 Å². The highest BCUT2D eigenvalue weighted by molar-refractivity contribution is 4.85. The van der Waals surface area contributed by atoms with Gasteiger partial charge < -0.3 is 5.11 Å². The first-order valence-electron chi connectivity index (χ1n) is 6.87. The molecule has 1 N–H and O–H groups in total. The van der Waals surface area contributed by atoms with Crippen molar-refractivity contribution in [1.29, 1.82) is 0 Å². The van der Waals surface area contributed by atoms with Crippen LogP contribution >= 0.6 is 0 Å². The second-order valence-electron chi connectivity index (χ2n) is 5.43. The fraction of sp³-hybridized carbons (Fsp3) is 1.00. The van der Waals surface area contributed by atoms with E-state index in [0.717, 1.165) is 18.9 Å². The number of aliphatic hydroxyl groups is 1. The maximum absolute atomic E-state index is 9.53. The van der Waals surface area contributed by atoms with E-state index in [1.807, 2.05) is 0 Å². The van der Waals surface area contributed by atoms with E-state index in [0.29, 0.717) is 6.04 Å². The lowest BCUT2D eigenvalue weighted by atomic mass is 9.91. The van der Waals surface area contributed by atoms with Gasteiger partial charge in [-0.25, -0.2) is 0 Å². The third-order valence-corrected chi connectivity index (χ3v) is 4.39. The Hall–Kier alpha value is -0.120. The molecule has 3 heteroatoms. The van der Waals surface area contributed by atoms with Crippen LogP contribution in [-0.2, 0) is 0 Å². The topological polar surface area (TPSA) is 26.7 Å². The van der Waals surface area contributed by atoms with Crippen molar-refractivity contribution in [2.45, 2.75) is 57.7 Å². The van der Waals surface area contributed by atoms with Gasteiger partial charge in [0.2, 0.25) is 0 Å². The molecule has 16 heavy (non-hydrogen) atoms. The maximum atomic E-state index is 9.53. The summed E-state index contributed by atoms with van der Waals surface area (Å²) in [4.78, 5) is 5.22. The highest BCUT2D eigenvalue weighted by atomic mass is 16.3. The number of piperazine rings is 1. The number of hydrogen-bond donors (Lipinski definition) is 1. The SMILES string of the molecule is CCN1CCN(C2CCC(O)CC2)CC1C. The summed E-state index contributed by atoms with van der Waals surface area (Å²) in [5, 5.41) is 9.53. The average molecular weight is 226 g/mol. The molecule has 2 rings (SSSR count). The molecule has 0 bridgehead atoms. The predicted molar refractivity (Wildman–Crippen MR) is 66.5 cm³/mol. The van der Waals surface area contributed by atoms with Gasteiger partial charge in [-0.05, 0) is 39.2 Å². The largest absolute Gasteiger partial charge is 0.393 e. The summed E-state index contributed by atoms with van der Waals surface area (Å²) in [5.41, 5.74) is 0. The number of rotatable bonds is 2. The van der Waals surface area contributed by atoms with Gasteiger partial charge in [-0.1, -0.05) is 6.92 Å². The van der Waals surface area contributed by atoms with Gasteiger partial charge >= 0.3 is 0 Å². The molecule has 1 aliphatic carbocycles. The van der Waals surface area contributed by atoms with Crippen molar-refractivity contribution in [2.24, 2.45) is 0 Å². The Kier molecular flexibility index (Phi) is 4.22. The molecule has 94 valence electrons. The fourth-order valence-corrected chi connectivity index (χ4v) is 3.25. The third-order valence-electron chi connectivity index (χ3n) is 4.39. The van der Waals surface area contributed by atoms with Crippen molar-refractivity contribution in [3.05, 3.63) is 0 Å². The predicted octanol–water partition coefficient (Wildman–Crippen LogP) is 1.32. The summed E-state index contributed by atoms with van der Waals surface area (Å²) in [5.74, 6) is 0. The third kappa shape index (κ3) is 2.76. The Morgan fingerprint density at radius 1 is 1.12 bits per heavy atom. The van der Waals surface area contributed by atoms with Gasteiger partial charge in [0.15, 0.2) is 0 Å². The van der Waals surface area contributed by atoms with E-state index in [1.165, 1.54) is 39.0 Å². The molecule has 1 unspecified atom stereocenters. The van der Waals surface area contributed by atoms with Crippen LogP contribution in [0.5, 0.6) is 0 Å². The van der Waals surface area contributed by atoms with Gasteiger partial charge in [0.1, 0.15) is 0 Å². The van der Waals surface area contributed by atoms with E-state index >= 15 is 0 Å². The summed E-state index contributed by atoms with van der Waals surface area (Å²) in [7, 11) is 0. The molecule has 0 radical (unpaired) electrons. The van der Waals surface area contributed by atoms with Gasteiger partial charge in [-0.15, -0.1) is 0 Å². The van der Waals surface area contributed by atoms with Crippen LogP contribution in [-0.4, -0.2) is 59.3 Å². The minimum atomic E-state index is -0.0226. The van der Waals surface area contributed by atoms with E-state index in [2.05, 4.69) is 23.6 Å². The van der Waals surface area contributed by atoms with Crippen LogP contribution in [0.4, 0.5) is 0 Å². The molecule has 1 saturated carbocycles. The molecule has 0 aromatic rings. The molecule has 0 aromatic heterocycles. The average Bonchev–Trinajstić information content (AvgIpc) is 2.30. The number of hydrogen-bond acceptors (Lipinski definition) is 3. The van der Waals surface area contributed by atoms with Crippen molar-refractivity contribution in [3.8, 4) is 0 Å². The molecular weight excluding hydrogens is 200 g/mol. The first-order chi connectivity index (χ1) is 7.70. The maximum Gasteiger partial charge on any atom is 0.0541 e. The zero-order chi connectivity index (χ0) is 11.5. The van der Waals surface area contributed by atoms with E-state index in [-0.39, 0.29) is 6.10 Å². The molecule has 0 amide bonds. The molecule has 3 nitrogen and oxygen atoms in total. The molecular formula is C13H26N2O. The lowest BCUT2D eigenvalue weighted by Gasteiger charge is -2.44. The van der Waals surface area contributed by atoms with Crippen LogP contribution in [0.25, 0.3) is 0 Å². The minimum absolute atomic E-state index is 0.0226. The van der Waals surface area contributed by atoms with Crippen LogP contribution in [0.1, 0.15) is 39.5 Å². The van der Waals surface area contributed by atoms with Gasteiger partial charge in [0, 0.05) is 31.7 Å². The molecule has 2 fully saturated rings. The fourth-order valence-electron chi connectivity index (χ4n) is 3.25. The van der Waals surface area contributed by atoms with Crippen LogP contribution in [0.3, 0.4) is 0 Å². The quantitative estimate of drug-likeness (QED) is 0.769. The smallest absolute Gasteiger partial charge is 0.0541 e. The monoisotopic (exact) mass is 226 g/mol. The second kappa shape index (κ2) is 5.48. The summed E-state index contributed by atoms with van der Waals surface area (Å²) in [6, 6.07) is 1.44. The molecule has 0 spiro atoms. The van der Waals surface area contributed by atoms with Crippen LogP contribution < -0.4 is 0 Å². The Morgan fingerprint density at radius 3 is 2.38 bits per heavy atom. The minimum Gasteiger partial charge on any atom is -0.393 e. The number of nitrogens with zero attached hydrogens (tertiary/aromatic N) is 2. The number of aliphatic hydroxyl groups excluding tert-OH is 1. The zero-order valence-corrected chi connectivity index (χ0v) is 10.7. The van der Waals surface area contributed by atoms with Crippen molar-refractivity contribution in [2.75, 3.05) is 26.2 Å². The second-order valence-corrected chi connectivity index (χ2v) is 5.43. The van der Waals surface area contributed by atoms with Crippen molar-refractivity contribution in [1.82, 2.24) is 9.80 Å². The summed E-state index contributed by atoms with van der Waals surface area (Å²) in [6.45, 7) is 9.43. The lowest BCUT2D eigenvalue weighted by Crippen LogP contribution is -2.55. The van der Waals surface area contributed by atoms with Crippen LogP contribution in [0, 0.1) is 0 Å². The summed E-state index contributed by atoms with van der Waals surface area (Å²) >= 11 is 0. The molecule has 1 aliphatic heterocycles. The lowest BCUT2D eigenvalue weighted by molar-refractivity contribution is 0.0241. The van der Waals surface area contributed by atoms with E-state index in [9.17, 15) is 5.11 Å². The van der Waals surface area contributed by atoms with Gasteiger partial charge in [-0.2, -0.15) is 0 Å². The molecule has 0 aromatic carbocycles. The first kappa shape index (κ1) is 12.3. The Bertz CT molecular complexity index is 214. The standard InChI is InChI=1S/C13H26N2O/c1-3-14-8-9-15(10-11(14)2)12-4-6-13(16)7-5-12/h11-13,16H,3-10H2,1-2H3. The van der Waals surface area contributed by atoms with E-state index in [1.54, 1.807) is 0 Å². The van der Waals surface area contributed by atoms with Gasteiger partial charge in [0.05, 0.1) is 6.10 Å². The molecule has 1 saturated heterocycles. The normalized spacial score (nSPS) is 38.8. The summed E-state index contributed by atoms with van der Waals surface area (Å²) in [6.07, 6.45) is 4.38. The highest BCUT2D eigenvalue weighted by Gasteiger charge is 2.29. The Labute approximate surface area is 99.4 Å². The number of likely N-dealkylation sites (N-methyl/N-ethyl adjacent to an activating group) is 1. The van der Waals surface area contributed by atoms with E-state index < -0.39 is 0 Å². The van der Waals surface area contributed by atoms with Crippen LogP contribution in [0.15, 0.2) is 0 Å².